The van der Waals surface area contributed by atoms with Crippen molar-refractivity contribution in [3.05, 3.63) is 23.7 Å². The van der Waals surface area contributed by atoms with Crippen LogP contribution >= 0.6 is 0 Å². The highest BCUT2D eigenvalue weighted by Crippen LogP contribution is 2.07. The average Bonchev–Trinajstić information content (AvgIpc) is 2.65. The smallest absolute Gasteiger partial charge is 0.117 e. The molecule has 0 saturated carbocycles. The van der Waals surface area contributed by atoms with Gasteiger partial charge in [-0.15, -0.1) is 0 Å². The van der Waals surface area contributed by atoms with E-state index in [4.69, 9.17) is 9.52 Å². The maximum absolute atomic E-state index is 8.57. The van der Waals surface area contributed by atoms with Gasteiger partial charge in [0, 0.05) is 13.0 Å². The molecule has 0 aromatic carbocycles. The number of unbranched alkanes of at least 4 members (excludes halogenated alkanes) is 1. The van der Waals surface area contributed by atoms with Crippen molar-refractivity contribution in [1.82, 2.24) is 5.32 Å². The van der Waals surface area contributed by atoms with Gasteiger partial charge in [-0.3, -0.25) is 0 Å². The number of rotatable bonds is 7. The monoisotopic (exact) mass is 197 g/mol. The molecule has 0 spiro atoms. The predicted octanol–water partition coefficient (Wildman–Crippen LogP) is 1.70. The first-order chi connectivity index (χ1) is 6.86. The highest BCUT2D eigenvalue weighted by atomic mass is 16.3. The minimum Gasteiger partial charge on any atom is -0.465 e. The molecule has 0 aliphatic heterocycles. The second-order valence-corrected chi connectivity index (χ2v) is 3.33. The molecule has 1 aromatic rings. The van der Waals surface area contributed by atoms with E-state index in [0.717, 1.165) is 43.9 Å². The Bertz CT molecular complexity index is 245. The average molecular weight is 197 g/mol. The number of aliphatic hydroxyl groups is 1. The van der Waals surface area contributed by atoms with E-state index in [9.17, 15) is 0 Å². The van der Waals surface area contributed by atoms with Crippen LogP contribution in [0.2, 0.25) is 0 Å². The lowest BCUT2D eigenvalue weighted by molar-refractivity contribution is 0.283. The molecule has 0 unspecified atom stereocenters. The molecule has 1 aromatic heterocycles. The zero-order valence-corrected chi connectivity index (χ0v) is 8.75. The summed E-state index contributed by atoms with van der Waals surface area (Å²) in [5.41, 5.74) is 0. The first-order valence-electron chi connectivity index (χ1n) is 5.26. The van der Waals surface area contributed by atoms with E-state index < -0.39 is 0 Å². The molecule has 3 heteroatoms. The molecule has 3 nitrogen and oxygen atoms in total. The molecule has 2 N–H and O–H groups in total. The number of nitrogens with one attached hydrogen (secondary N) is 1. The van der Waals surface area contributed by atoms with Gasteiger partial charge in [0.15, 0.2) is 0 Å². The van der Waals surface area contributed by atoms with Crippen molar-refractivity contribution >= 4 is 0 Å². The Labute approximate surface area is 85.1 Å². The number of aryl methyl sites for hydroxylation is 1. The summed E-state index contributed by atoms with van der Waals surface area (Å²) in [4.78, 5) is 0. The fourth-order valence-electron chi connectivity index (χ4n) is 1.28. The Kier molecular flexibility index (Phi) is 5.33. The van der Waals surface area contributed by atoms with Gasteiger partial charge in [0.2, 0.25) is 0 Å². The standard InChI is InChI=1S/C11H19NO2/c1-2-10-5-6-11(14-10)9-12-7-3-4-8-13/h5-6,12-13H,2-4,7-9H2,1H3. The predicted molar refractivity (Wildman–Crippen MR) is 56.1 cm³/mol. The van der Waals surface area contributed by atoms with Crippen molar-refractivity contribution in [2.75, 3.05) is 13.2 Å². The van der Waals surface area contributed by atoms with E-state index in [1.54, 1.807) is 0 Å². The van der Waals surface area contributed by atoms with Crippen molar-refractivity contribution in [2.45, 2.75) is 32.7 Å². The van der Waals surface area contributed by atoms with E-state index in [2.05, 4.69) is 12.2 Å². The maximum Gasteiger partial charge on any atom is 0.117 e. The topological polar surface area (TPSA) is 45.4 Å². The van der Waals surface area contributed by atoms with Gasteiger partial charge in [0.25, 0.3) is 0 Å². The molecule has 0 amide bonds. The summed E-state index contributed by atoms with van der Waals surface area (Å²) in [6.07, 6.45) is 2.83. The highest BCUT2D eigenvalue weighted by molar-refractivity contribution is 5.06. The van der Waals surface area contributed by atoms with Gasteiger partial charge in [0.1, 0.15) is 11.5 Å². The number of hydrogen-bond donors (Lipinski definition) is 2. The van der Waals surface area contributed by atoms with Crippen LogP contribution in [0.1, 0.15) is 31.3 Å². The van der Waals surface area contributed by atoms with Gasteiger partial charge >= 0.3 is 0 Å². The lowest BCUT2D eigenvalue weighted by atomic mass is 10.3. The minimum atomic E-state index is 0.280. The zero-order chi connectivity index (χ0) is 10.2. The van der Waals surface area contributed by atoms with Crippen LogP contribution in [0.25, 0.3) is 0 Å². The van der Waals surface area contributed by atoms with Gasteiger partial charge in [-0.2, -0.15) is 0 Å². The summed E-state index contributed by atoms with van der Waals surface area (Å²) >= 11 is 0. The van der Waals surface area contributed by atoms with Gasteiger partial charge in [0.05, 0.1) is 6.54 Å². The van der Waals surface area contributed by atoms with Gasteiger partial charge in [-0.05, 0) is 31.5 Å². The Balaban J connectivity index is 2.12. The fraction of sp³-hybridized carbons (Fsp3) is 0.636. The fourth-order valence-corrected chi connectivity index (χ4v) is 1.28. The molecule has 14 heavy (non-hydrogen) atoms. The molecular weight excluding hydrogens is 178 g/mol. The van der Waals surface area contributed by atoms with Crippen molar-refractivity contribution in [3.63, 3.8) is 0 Å². The van der Waals surface area contributed by atoms with E-state index in [0.29, 0.717) is 0 Å². The summed E-state index contributed by atoms with van der Waals surface area (Å²) < 4.78 is 5.53. The maximum atomic E-state index is 8.57. The minimum absolute atomic E-state index is 0.280. The van der Waals surface area contributed by atoms with Crippen LogP contribution in [-0.4, -0.2) is 18.3 Å². The molecule has 0 saturated heterocycles. The van der Waals surface area contributed by atoms with Crippen molar-refractivity contribution in [1.29, 1.82) is 0 Å². The van der Waals surface area contributed by atoms with Gasteiger partial charge in [-0.1, -0.05) is 6.92 Å². The normalized spacial score (nSPS) is 10.7. The summed E-state index contributed by atoms with van der Waals surface area (Å²) in [5.74, 6) is 2.03. The summed E-state index contributed by atoms with van der Waals surface area (Å²) in [7, 11) is 0. The highest BCUT2D eigenvalue weighted by Gasteiger charge is 1.98. The Morgan fingerprint density at radius 2 is 2.07 bits per heavy atom. The van der Waals surface area contributed by atoms with Gasteiger partial charge in [-0.25, -0.2) is 0 Å². The Morgan fingerprint density at radius 1 is 1.29 bits per heavy atom. The molecule has 0 bridgehead atoms. The summed E-state index contributed by atoms with van der Waals surface area (Å²) in [6.45, 7) is 4.08. The van der Waals surface area contributed by atoms with Gasteiger partial charge < -0.3 is 14.8 Å². The van der Waals surface area contributed by atoms with E-state index in [1.165, 1.54) is 0 Å². The number of aliphatic hydroxyl groups excluding tert-OH is 1. The third-order valence-corrected chi connectivity index (χ3v) is 2.13. The quantitative estimate of drug-likeness (QED) is 0.654. The molecule has 0 radical (unpaired) electrons. The third-order valence-electron chi connectivity index (χ3n) is 2.13. The molecule has 0 fully saturated rings. The van der Waals surface area contributed by atoms with Crippen LogP contribution in [0.5, 0.6) is 0 Å². The molecule has 80 valence electrons. The summed E-state index contributed by atoms with van der Waals surface area (Å²) in [6, 6.07) is 4.03. The summed E-state index contributed by atoms with van der Waals surface area (Å²) in [5, 5.41) is 11.8. The zero-order valence-electron chi connectivity index (χ0n) is 8.75. The molecule has 0 aliphatic carbocycles. The second-order valence-electron chi connectivity index (χ2n) is 3.33. The Morgan fingerprint density at radius 3 is 2.71 bits per heavy atom. The van der Waals surface area contributed by atoms with Crippen LogP contribution in [-0.2, 0) is 13.0 Å². The first kappa shape index (κ1) is 11.3. The van der Waals surface area contributed by atoms with Crippen molar-refractivity contribution < 1.29 is 9.52 Å². The van der Waals surface area contributed by atoms with E-state index in [-0.39, 0.29) is 6.61 Å². The van der Waals surface area contributed by atoms with E-state index >= 15 is 0 Å². The molecule has 0 aliphatic rings. The largest absolute Gasteiger partial charge is 0.465 e. The molecule has 1 heterocycles. The lowest BCUT2D eigenvalue weighted by Gasteiger charge is -2.00. The van der Waals surface area contributed by atoms with Crippen LogP contribution in [0.15, 0.2) is 16.5 Å². The van der Waals surface area contributed by atoms with Crippen molar-refractivity contribution in [2.24, 2.45) is 0 Å². The number of hydrogen-bond acceptors (Lipinski definition) is 3. The molecule has 1 rings (SSSR count). The third kappa shape index (κ3) is 3.94. The lowest BCUT2D eigenvalue weighted by Crippen LogP contribution is -2.14. The SMILES string of the molecule is CCc1ccc(CNCCCCO)o1. The van der Waals surface area contributed by atoms with Crippen LogP contribution in [0.3, 0.4) is 0 Å². The van der Waals surface area contributed by atoms with Crippen LogP contribution < -0.4 is 5.32 Å². The molecule has 0 atom stereocenters. The Hall–Kier alpha value is -0.800. The van der Waals surface area contributed by atoms with E-state index in [1.807, 2.05) is 12.1 Å². The molecular formula is C11H19NO2. The van der Waals surface area contributed by atoms with Crippen LogP contribution in [0.4, 0.5) is 0 Å². The first-order valence-corrected chi connectivity index (χ1v) is 5.26. The van der Waals surface area contributed by atoms with Crippen molar-refractivity contribution in [3.8, 4) is 0 Å². The van der Waals surface area contributed by atoms with Crippen LogP contribution in [0, 0.1) is 0 Å². The number of furan rings is 1. The second kappa shape index (κ2) is 6.62.